The van der Waals surface area contributed by atoms with Crippen LogP contribution in [0.1, 0.15) is 17.5 Å². The van der Waals surface area contributed by atoms with Crippen molar-refractivity contribution in [3.63, 3.8) is 0 Å². The summed E-state index contributed by atoms with van der Waals surface area (Å²) in [6, 6.07) is 9.51. The van der Waals surface area contributed by atoms with Crippen molar-refractivity contribution in [2.75, 3.05) is 7.11 Å². The van der Waals surface area contributed by atoms with Crippen molar-refractivity contribution in [1.29, 1.82) is 10.5 Å². The third-order valence-electron chi connectivity index (χ3n) is 1.91. The molecule has 1 rings (SSSR count). The van der Waals surface area contributed by atoms with Crippen LogP contribution >= 0.6 is 0 Å². The molecule has 70 valence electrons. The zero-order valence-electron chi connectivity index (χ0n) is 7.95. The lowest BCUT2D eigenvalue weighted by Gasteiger charge is -2.03. The van der Waals surface area contributed by atoms with Crippen LogP contribution < -0.4 is 4.74 Å². The second kappa shape index (κ2) is 4.89. The Balaban J connectivity index is 2.92. The Labute approximate surface area is 83.2 Å². The summed E-state index contributed by atoms with van der Waals surface area (Å²) in [6.07, 6.45) is 1.15. The molecule has 0 fully saturated rings. The van der Waals surface area contributed by atoms with E-state index in [-0.39, 0.29) is 0 Å². The summed E-state index contributed by atoms with van der Waals surface area (Å²) in [6.45, 7) is 0. The highest BCUT2D eigenvalue weighted by molar-refractivity contribution is 5.45. The molecule has 0 saturated carbocycles. The quantitative estimate of drug-likeness (QED) is 0.725. The molecule has 3 nitrogen and oxygen atoms in total. The van der Waals surface area contributed by atoms with E-state index in [0.29, 0.717) is 24.2 Å². The largest absolute Gasteiger partial charge is 0.495 e. The minimum atomic E-state index is 0.469. The van der Waals surface area contributed by atoms with Crippen LogP contribution in [0, 0.1) is 22.7 Å². The Morgan fingerprint density at radius 2 is 2.14 bits per heavy atom. The molecule has 0 spiro atoms. The first kappa shape index (κ1) is 10.1. The fraction of sp³-hybridized carbons (Fsp3) is 0.273. The topological polar surface area (TPSA) is 56.8 Å². The van der Waals surface area contributed by atoms with Crippen LogP contribution in [0.25, 0.3) is 0 Å². The van der Waals surface area contributed by atoms with Crippen LogP contribution in [0.15, 0.2) is 18.2 Å². The summed E-state index contributed by atoms with van der Waals surface area (Å²) in [5, 5.41) is 17.2. The fourth-order valence-corrected chi connectivity index (χ4v) is 1.20. The first-order valence-corrected chi connectivity index (χ1v) is 4.25. The van der Waals surface area contributed by atoms with Crippen molar-refractivity contribution in [2.45, 2.75) is 12.8 Å². The lowest BCUT2D eigenvalue weighted by atomic mass is 10.1. The molecule has 0 N–H and O–H groups in total. The average Bonchev–Trinajstić information content (AvgIpc) is 2.25. The molecule has 0 unspecified atom stereocenters. The van der Waals surface area contributed by atoms with Gasteiger partial charge in [0.15, 0.2) is 0 Å². The number of rotatable bonds is 3. The zero-order chi connectivity index (χ0) is 10.4. The zero-order valence-corrected chi connectivity index (χ0v) is 7.95. The number of nitriles is 2. The Morgan fingerprint density at radius 3 is 2.71 bits per heavy atom. The molecule has 0 heterocycles. The summed E-state index contributed by atoms with van der Waals surface area (Å²) < 4.78 is 5.01. The maximum atomic E-state index is 8.80. The van der Waals surface area contributed by atoms with Gasteiger partial charge in [0.1, 0.15) is 11.8 Å². The van der Waals surface area contributed by atoms with Crippen LogP contribution in [0.3, 0.4) is 0 Å². The summed E-state index contributed by atoms with van der Waals surface area (Å²) >= 11 is 0. The Morgan fingerprint density at radius 1 is 1.36 bits per heavy atom. The molecule has 1 aromatic carbocycles. The van der Waals surface area contributed by atoms with Gasteiger partial charge >= 0.3 is 0 Å². The van der Waals surface area contributed by atoms with E-state index in [1.807, 2.05) is 6.07 Å². The SMILES string of the molecule is COc1ccc(CCC#N)cc1C#N. The van der Waals surface area contributed by atoms with Crippen molar-refractivity contribution >= 4 is 0 Å². The molecule has 0 aliphatic heterocycles. The van der Waals surface area contributed by atoms with E-state index in [1.165, 1.54) is 7.11 Å². The lowest BCUT2D eigenvalue weighted by Crippen LogP contribution is -1.90. The monoisotopic (exact) mass is 186 g/mol. The molecule has 3 heteroatoms. The molecule has 0 aliphatic carbocycles. The molecule has 0 aliphatic rings. The maximum Gasteiger partial charge on any atom is 0.136 e. The van der Waals surface area contributed by atoms with Gasteiger partial charge in [-0.2, -0.15) is 10.5 Å². The van der Waals surface area contributed by atoms with E-state index in [0.717, 1.165) is 5.56 Å². The average molecular weight is 186 g/mol. The van der Waals surface area contributed by atoms with Gasteiger partial charge in [-0.1, -0.05) is 6.07 Å². The summed E-state index contributed by atoms with van der Waals surface area (Å²) in [7, 11) is 1.53. The van der Waals surface area contributed by atoms with E-state index in [4.69, 9.17) is 15.3 Å². The molecule has 1 aromatic rings. The Bertz CT molecular complexity index is 399. The van der Waals surface area contributed by atoms with Gasteiger partial charge in [0.25, 0.3) is 0 Å². The highest BCUT2D eigenvalue weighted by Gasteiger charge is 2.02. The number of nitrogens with zero attached hydrogens (tertiary/aromatic N) is 2. The van der Waals surface area contributed by atoms with Gasteiger partial charge < -0.3 is 4.74 Å². The predicted octanol–water partition coefficient (Wildman–Crippen LogP) is 2.02. The van der Waals surface area contributed by atoms with Crippen molar-refractivity contribution in [1.82, 2.24) is 0 Å². The Hall–Kier alpha value is -2.00. The van der Waals surface area contributed by atoms with Gasteiger partial charge in [0.05, 0.1) is 18.7 Å². The second-order valence-corrected chi connectivity index (χ2v) is 2.80. The van der Waals surface area contributed by atoms with Crippen LogP contribution in [0.5, 0.6) is 5.75 Å². The number of ether oxygens (including phenoxy) is 1. The van der Waals surface area contributed by atoms with Gasteiger partial charge in [-0.25, -0.2) is 0 Å². The minimum Gasteiger partial charge on any atom is -0.495 e. The summed E-state index contributed by atoms with van der Waals surface area (Å²) in [4.78, 5) is 0. The summed E-state index contributed by atoms with van der Waals surface area (Å²) in [5.41, 5.74) is 1.51. The molecule has 0 saturated heterocycles. The number of hydrogen-bond donors (Lipinski definition) is 0. The van der Waals surface area contributed by atoms with Gasteiger partial charge in [0.2, 0.25) is 0 Å². The number of aryl methyl sites for hydroxylation is 1. The smallest absolute Gasteiger partial charge is 0.136 e. The van der Waals surface area contributed by atoms with E-state index < -0.39 is 0 Å². The number of benzene rings is 1. The van der Waals surface area contributed by atoms with Gasteiger partial charge in [-0.3, -0.25) is 0 Å². The molecule has 0 radical (unpaired) electrons. The number of hydrogen-bond acceptors (Lipinski definition) is 3. The third kappa shape index (κ3) is 2.24. The normalized spacial score (nSPS) is 8.79. The molecule has 0 atom stereocenters. The van der Waals surface area contributed by atoms with Crippen LogP contribution in [0.2, 0.25) is 0 Å². The highest BCUT2D eigenvalue weighted by Crippen LogP contribution is 2.19. The van der Waals surface area contributed by atoms with Crippen molar-refractivity contribution in [3.05, 3.63) is 29.3 Å². The predicted molar refractivity (Wildman–Crippen MR) is 51.6 cm³/mol. The van der Waals surface area contributed by atoms with Gasteiger partial charge in [0, 0.05) is 6.42 Å². The second-order valence-electron chi connectivity index (χ2n) is 2.80. The molecule has 14 heavy (non-hydrogen) atoms. The van der Waals surface area contributed by atoms with Crippen molar-refractivity contribution < 1.29 is 4.74 Å². The molecular weight excluding hydrogens is 176 g/mol. The van der Waals surface area contributed by atoms with Crippen LogP contribution in [0.4, 0.5) is 0 Å². The Kier molecular flexibility index (Phi) is 3.52. The van der Waals surface area contributed by atoms with E-state index in [2.05, 4.69) is 12.1 Å². The molecule has 0 aromatic heterocycles. The maximum absolute atomic E-state index is 8.80. The molecule has 0 amide bonds. The lowest BCUT2D eigenvalue weighted by molar-refractivity contribution is 0.413. The first-order valence-electron chi connectivity index (χ1n) is 4.25. The minimum absolute atomic E-state index is 0.469. The van der Waals surface area contributed by atoms with Gasteiger partial charge in [-0.05, 0) is 24.1 Å². The molecule has 0 bridgehead atoms. The van der Waals surface area contributed by atoms with E-state index >= 15 is 0 Å². The van der Waals surface area contributed by atoms with Crippen molar-refractivity contribution in [2.24, 2.45) is 0 Å². The van der Waals surface area contributed by atoms with Crippen molar-refractivity contribution in [3.8, 4) is 17.9 Å². The standard InChI is InChI=1S/C11H10N2O/c1-14-11-5-4-9(3-2-6-12)7-10(11)8-13/h4-5,7H,2-3H2,1H3. The summed E-state index contributed by atoms with van der Waals surface area (Å²) in [5.74, 6) is 0.577. The van der Waals surface area contributed by atoms with Gasteiger partial charge in [-0.15, -0.1) is 0 Å². The highest BCUT2D eigenvalue weighted by atomic mass is 16.5. The van der Waals surface area contributed by atoms with E-state index in [1.54, 1.807) is 12.1 Å². The van der Waals surface area contributed by atoms with Crippen LogP contribution in [-0.2, 0) is 6.42 Å². The van der Waals surface area contributed by atoms with Crippen LogP contribution in [-0.4, -0.2) is 7.11 Å². The fourth-order valence-electron chi connectivity index (χ4n) is 1.20. The molecular formula is C11H10N2O. The first-order chi connectivity index (χ1) is 6.81. The van der Waals surface area contributed by atoms with E-state index in [9.17, 15) is 0 Å². The third-order valence-corrected chi connectivity index (χ3v) is 1.91. The number of methoxy groups -OCH3 is 1.